The van der Waals surface area contributed by atoms with Gasteiger partial charge in [-0.05, 0) is 17.7 Å². The van der Waals surface area contributed by atoms with Gasteiger partial charge in [0.05, 0.1) is 5.52 Å². The second kappa shape index (κ2) is 8.69. The van der Waals surface area contributed by atoms with Crippen molar-refractivity contribution in [2.75, 3.05) is 39.3 Å². The van der Waals surface area contributed by atoms with Gasteiger partial charge in [-0.3, -0.25) is 9.88 Å². The second-order valence-electron chi connectivity index (χ2n) is 5.08. The molecule has 114 valence electrons. The topological polar surface area (TPSA) is 80.2 Å². The SMILES string of the molecule is NCCN(CCN)CCNCc1ccnc2ccccc12. The van der Waals surface area contributed by atoms with E-state index in [4.69, 9.17) is 11.5 Å². The summed E-state index contributed by atoms with van der Waals surface area (Å²) in [4.78, 5) is 6.67. The van der Waals surface area contributed by atoms with E-state index in [1.54, 1.807) is 0 Å². The molecule has 0 amide bonds. The van der Waals surface area contributed by atoms with Crippen LogP contribution in [0.2, 0.25) is 0 Å². The summed E-state index contributed by atoms with van der Waals surface area (Å²) < 4.78 is 0. The first-order valence-electron chi connectivity index (χ1n) is 7.51. The summed E-state index contributed by atoms with van der Waals surface area (Å²) in [6, 6.07) is 10.3. The summed E-state index contributed by atoms with van der Waals surface area (Å²) >= 11 is 0. The molecule has 5 heteroatoms. The summed E-state index contributed by atoms with van der Waals surface area (Å²) in [6.07, 6.45) is 1.87. The molecular weight excluding hydrogens is 262 g/mol. The van der Waals surface area contributed by atoms with Crippen LogP contribution in [0.1, 0.15) is 5.56 Å². The van der Waals surface area contributed by atoms with Gasteiger partial charge in [-0.25, -0.2) is 0 Å². The van der Waals surface area contributed by atoms with E-state index < -0.39 is 0 Å². The summed E-state index contributed by atoms with van der Waals surface area (Å²) in [7, 11) is 0. The summed E-state index contributed by atoms with van der Waals surface area (Å²) in [5.74, 6) is 0. The Morgan fingerprint density at radius 1 is 1.00 bits per heavy atom. The smallest absolute Gasteiger partial charge is 0.0705 e. The Bertz CT molecular complexity index is 532. The van der Waals surface area contributed by atoms with Crippen molar-refractivity contribution in [2.45, 2.75) is 6.54 Å². The van der Waals surface area contributed by atoms with Crippen LogP contribution in [0.15, 0.2) is 36.5 Å². The fraction of sp³-hybridized carbons (Fsp3) is 0.438. The number of rotatable bonds is 9. The Hall–Kier alpha value is -1.53. The zero-order chi connectivity index (χ0) is 14.9. The van der Waals surface area contributed by atoms with E-state index in [0.29, 0.717) is 13.1 Å². The van der Waals surface area contributed by atoms with Crippen LogP contribution in [-0.4, -0.2) is 49.2 Å². The maximum atomic E-state index is 5.61. The van der Waals surface area contributed by atoms with Crippen molar-refractivity contribution in [3.05, 3.63) is 42.1 Å². The zero-order valence-electron chi connectivity index (χ0n) is 12.5. The van der Waals surface area contributed by atoms with Crippen LogP contribution in [0.25, 0.3) is 10.9 Å². The number of pyridine rings is 1. The largest absolute Gasteiger partial charge is 0.329 e. The van der Waals surface area contributed by atoms with Crippen LogP contribution in [0.4, 0.5) is 0 Å². The molecular formula is C16H25N5. The Morgan fingerprint density at radius 3 is 2.52 bits per heavy atom. The quantitative estimate of drug-likeness (QED) is 0.587. The number of para-hydroxylation sites is 1. The van der Waals surface area contributed by atoms with Crippen molar-refractivity contribution >= 4 is 10.9 Å². The summed E-state index contributed by atoms with van der Waals surface area (Å²) in [5, 5.41) is 4.71. The first kappa shape index (κ1) is 15.9. The molecule has 0 radical (unpaired) electrons. The third kappa shape index (κ3) is 4.75. The van der Waals surface area contributed by atoms with Gasteiger partial charge in [0.15, 0.2) is 0 Å². The third-order valence-electron chi connectivity index (χ3n) is 3.55. The molecule has 5 nitrogen and oxygen atoms in total. The highest BCUT2D eigenvalue weighted by Gasteiger charge is 2.03. The van der Waals surface area contributed by atoms with Gasteiger partial charge in [0, 0.05) is 57.4 Å². The predicted octanol–water partition coefficient (Wildman–Crippen LogP) is 0.544. The predicted molar refractivity (Wildman–Crippen MR) is 88.0 cm³/mol. The lowest BCUT2D eigenvalue weighted by Crippen LogP contribution is -2.38. The van der Waals surface area contributed by atoms with Gasteiger partial charge in [0.25, 0.3) is 0 Å². The first-order valence-corrected chi connectivity index (χ1v) is 7.51. The molecule has 2 rings (SSSR count). The average Bonchev–Trinajstić information content (AvgIpc) is 2.52. The maximum absolute atomic E-state index is 5.61. The Kier molecular flexibility index (Phi) is 6.56. The van der Waals surface area contributed by atoms with Crippen molar-refractivity contribution in [3.8, 4) is 0 Å². The van der Waals surface area contributed by atoms with Crippen molar-refractivity contribution < 1.29 is 0 Å². The number of fused-ring (bicyclic) bond motifs is 1. The van der Waals surface area contributed by atoms with Gasteiger partial charge in [-0.2, -0.15) is 0 Å². The minimum atomic E-state index is 0.676. The number of hydrogen-bond donors (Lipinski definition) is 3. The highest BCUT2D eigenvalue weighted by Crippen LogP contribution is 2.15. The molecule has 1 aromatic carbocycles. The lowest BCUT2D eigenvalue weighted by molar-refractivity contribution is 0.288. The minimum absolute atomic E-state index is 0.676. The van der Waals surface area contributed by atoms with Gasteiger partial charge in [0.1, 0.15) is 0 Å². The molecule has 0 fully saturated rings. The molecule has 0 aliphatic rings. The molecule has 0 aliphatic carbocycles. The van der Waals surface area contributed by atoms with Gasteiger partial charge in [-0.15, -0.1) is 0 Å². The Morgan fingerprint density at radius 2 is 1.76 bits per heavy atom. The molecule has 5 N–H and O–H groups in total. The van der Waals surface area contributed by atoms with E-state index in [-0.39, 0.29) is 0 Å². The Balaban J connectivity index is 1.85. The first-order chi connectivity index (χ1) is 10.3. The van der Waals surface area contributed by atoms with Gasteiger partial charge in [0.2, 0.25) is 0 Å². The van der Waals surface area contributed by atoms with E-state index in [9.17, 15) is 0 Å². The standard InChI is InChI=1S/C16H25N5/c17-6-10-21(11-7-18)12-9-19-13-14-5-8-20-16-4-2-1-3-15(14)16/h1-5,8,19H,6-7,9-13,17-18H2. The van der Waals surface area contributed by atoms with E-state index in [1.165, 1.54) is 10.9 Å². The summed E-state index contributed by atoms with van der Waals surface area (Å²) in [5.41, 5.74) is 13.5. The van der Waals surface area contributed by atoms with Crippen molar-refractivity contribution in [1.82, 2.24) is 15.2 Å². The Labute approximate surface area is 126 Å². The molecule has 0 atom stereocenters. The molecule has 0 saturated heterocycles. The van der Waals surface area contributed by atoms with Crippen molar-refractivity contribution in [3.63, 3.8) is 0 Å². The lowest BCUT2D eigenvalue weighted by Gasteiger charge is -2.20. The highest BCUT2D eigenvalue weighted by molar-refractivity contribution is 5.81. The third-order valence-corrected chi connectivity index (χ3v) is 3.55. The fourth-order valence-corrected chi connectivity index (χ4v) is 2.47. The number of benzene rings is 1. The van der Waals surface area contributed by atoms with E-state index in [1.807, 2.05) is 18.3 Å². The van der Waals surface area contributed by atoms with Crippen LogP contribution in [0.3, 0.4) is 0 Å². The summed E-state index contributed by atoms with van der Waals surface area (Å²) in [6.45, 7) is 5.90. The van der Waals surface area contributed by atoms with E-state index in [0.717, 1.165) is 38.2 Å². The minimum Gasteiger partial charge on any atom is -0.329 e. The molecule has 0 unspecified atom stereocenters. The fourth-order valence-electron chi connectivity index (χ4n) is 2.47. The van der Waals surface area contributed by atoms with Crippen molar-refractivity contribution in [1.29, 1.82) is 0 Å². The molecule has 0 aliphatic heterocycles. The van der Waals surface area contributed by atoms with Crippen LogP contribution in [-0.2, 0) is 6.54 Å². The maximum Gasteiger partial charge on any atom is 0.0705 e. The average molecular weight is 287 g/mol. The molecule has 1 heterocycles. The number of nitrogens with one attached hydrogen (secondary N) is 1. The zero-order valence-corrected chi connectivity index (χ0v) is 12.5. The van der Waals surface area contributed by atoms with Crippen LogP contribution < -0.4 is 16.8 Å². The van der Waals surface area contributed by atoms with Crippen LogP contribution in [0.5, 0.6) is 0 Å². The molecule has 1 aromatic heterocycles. The van der Waals surface area contributed by atoms with Crippen LogP contribution in [0, 0.1) is 0 Å². The number of hydrogen-bond acceptors (Lipinski definition) is 5. The molecule has 0 bridgehead atoms. The monoisotopic (exact) mass is 287 g/mol. The normalized spacial score (nSPS) is 11.4. The van der Waals surface area contributed by atoms with Crippen LogP contribution >= 0.6 is 0 Å². The van der Waals surface area contributed by atoms with Gasteiger partial charge in [-0.1, -0.05) is 18.2 Å². The van der Waals surface area contributed by atoms with E-state index in [2.05, 4.69) is 33.4 Å². The lowest BCUT2D eigenvalue weighted by atomic mass is 10.1. The molecule has 0 saturated carbocycles. The molecule has 0 spiro atoms. The number of aromatic nitrogens is 1. The van der Waals surface area contributed by atoms with Crippen molar-refractivity contribution in [2.24, 2.45) is 11.5 Å². The second-order valence-corrected chi connectivity index (χ2v) is 5.08. The highest BCUT2D eigenvalue weighted by atomic mass is 15.1. The molecule has 21 heavy (non-hydrogen) atoms. The van der Waals surface area contributed by atoms with Gasteiger partial charge >= 0.3 is 0 Å². The van der Waals surface area contributed by atoms with Gasteiger partial charge < -0.3 is 16.8 Å². The molecule has 2 aromatic rings. The number of nitrogens with two attached hydrogens (primary N) is 2. The number of nitrogens with zero attached hydrogens (tertiary/aromatic N) is 2. The van der Waals surface area contributed by atoms with E-state index >= 15 is 0 Å².